The molecule has 0 aliphatic rings. The first kappa shape index (κ1) is 21.5. The molecule has 7 heteroatoms. The number of carboxylic acids is 1. The topological polar surface area (TPSA) is 95.2 Å². The monoisotopic (exact) mass is 417 g/mol. The SMILES string of the molecule is Cc1cc(C(=O)/C(C#N)=C/c2ccccc2OCC(=O)[O-])c(C)n1-c1ccccc1F. The lowest BCUT2D eigenvalue weighted by Crippen LogP contribution is -2.29. The summed E-state index contributed by atoms with van der Waals surface area (Å²) in [5.41, 5.74) is 1.91. The van der Waals surface area contributed by atoms with Crippen LogP contribution in [0.5, 0.6) is 5.75 Å². The van der Waals surface area contributed by atoms with Gasteiger partial charge in [-0.2, -0.15) is 5.26 Å². The summed E-state index contributed by atoms with van der Waals surface area (Å²) < 4.78 is 21.1. The Kier molecular flexibility index (Phi) is 6.32. The number of aryl methyl sites for hydroxylation is 1. The van der Waals surface area contributed by atoms with E-state index in [1.165, 1.54) is 18.2 Å². The van der Waals surface area contributed by atoms with Crippen molar-refractivity contribution in [2.24, 2.45) is 0 Å². The van der Waals surface area contributed by atoms with Crippen molar-refractivity contribution in [3.05, 3.63) is 88.5 Å². The third-order valence-corrected chi connectivity index (χ3v) is 4.70. The second kappa shape index (κ2) is 9.09. The van der Waals surface area contributed by atoms with Gasteiger partial charge in [0.2, 0.25) is 5.78 Å². The molecule has 0 N–H and O–H groups in total. The molecule has 0 fully saturated rings. The lowest BCUT2D eigenvalue weighted by atomic mass is 10.0. The van der Waals surface area contributed by atoms with Crippen LogP contribution in [0, 0.1) is 31.0 Å². The molecule has 2 aromatic carbocycles. The smallest absolute Gasteiger partial charge is 0.205 e. The number of ether oxygens (including phenoxy) is 1. The molecule has 156 valence electrons. The van der Waals surface area contributed by atoms with Crippen molar-refractivity contribution in [1.82, 2.24) is 4.57 Å². The fourth-order valence-electron chi connectivity index (χ4n) is 3.31. The standard InChI is InChI=1S/C24H19FN2O4/c1-15-11-19(16(2)27(15)21-9-5-4-8-20(21)25)24(30)18(13-26)12-17-7-3-6-10-22(17)31-14-23(28)29/h3-12H,14H2,1-2H3,(H,28,29)/p-1/b18-12+. The molecule has 0 bridgehead atoms. The molecule has 3 aromatic rings. The Morgan fingerprint density at radius 1 is 1.16 bits per heavy atom. The van der Waals surface area contributed by atoms with Crippen LogP contribution in [0.25, 0.3) is 11.8 Å². The van der Waals surface area contributed by atoms with Gasteiger partial charge in [0.05, 0.1) is 11.7 Å². The van der Waals surface area contributed by atoms with Gasteiger partial charge in [-0.05, 0) is 44.2 Å². The highest BCUT2D eigenvalue weighted by Crippen LogP contribution is 2.26. The van der Waals surface area contributed by atoms with Gasteiger partial charge in [-0.15, -0.1) is 0 Å². The van der Waals surface area contributed by atoms with Gasteiger partial charge < -0.3 is 19.2 Å². The number of carbonyl (C=O) groups is 2. The molecular formula is C24H18FN2O4-. The molecule has 0 aliphatic carbocycles. The van der Waals surface area contributed by atoms with Crippen molar-refractivity contribution in [1.29, 1.82) is 5.26 Å². The number of para-hydroxylation sites is 2. The van der Waals surface area contributed by atoms with Crippen LogP contribution in [-0.4, -0.2) is 22.9 Å². The summed E-state index contributed by atoms with van der Waals surface area (Å²) in [6.45, 7) is 2.76. The number of benzene rings is 2. The van der Waals surface area contributed by atoms with Gasteiger partial charge in [-0.25, -0.2) is 4.39 Å². The molecule has 0 atom stereocenters. The molecule has 0 amide bonds. The molecule has 0 saturated carbocycles. The van der Waals surface area contributed by atoms with Gasteiger partial charge in [0, 0.05) is 22.5 Å². The Labute approximate surface area is 178 Å². The molecule has 0 saturated heterocycles. The van der Waals surface area contributed by atoms with Crippen molar-refractivity contribution in [2.75, 3.05) is 6.61 Å². The highest BCUT2D eigenvalue weighted by molar-refractivity contribution is 6.15. The predicted octanol–water partition coefficient (Wildman–Crippen LogP) is 3.15. The second-order valence-corrected chi connectivity index (χ2v) is 6.77. The lowest BCUT2D eigenvalue weighted by molar-refractivity contribution is -0.307. The summed E-state index contributed by atoms with van der Waals surface area (Å²) >= 11 is 0. The van der Waals surface area contributed by atoms with Crippen LogP contribution in [0.1, 0.15) is 27.3 Å². The van der Waals surface area contributed by atoms with E-state index in [0.717, 1.165) is 0 Å². The van der Waals surface area contributed by atoms with E-state index in [-0.39, 0.29) is 16.9 Å². The number of hydrogen-bond donors (Lipinski definition) is 0. The summed E-state index contributed by atoms with van der Waals surface area (Å²) in [6.07, 6.45) is 1.34. The normalized spacial score (nSPS) is 11.1. The number of aromatic nitrogens is 1. The number of halogens is 1. The van der Waals surface area contributed by atoms with Crippen LogP contribution in [-0.2, 0) is 4.79 Å². The summed E-state index contributed by atoms with van der Waals surface area (Å²) in [4.78, 5) is 23.8. The van der Waals surface area contributed by atoms with Crippen LogP contribution in [0.15, 0.2) is 60.2 Å². The summed E-state index contributed by atoms with van der Waals surface area (Å²) in [5, 5.41) is 20.3. The van der Waals surface area contributed by atoms with Gasteiger partial charge in [-0.1, -0.05) is 30.3 Å². The third kappa shape index (κ3) is 4.54. The average Bonchev–Trinajstić information content (AvgIpc) is 3.05. The van der Waals surface area contributed by atoms with Gasteiger partial charge in [0.1, 0.15) is 29.8 Å². The highest BCUT2D eigenvalue weighted by Gasteiger charge is 2.21. The zero-order valence-corrected chi connectivity index (χ0v) is 16.9. The quantitative estimate of drug-likeness (QED) is 0.334. The summed E-state index contributed by atoms with van der Waals surface area (Å²) in [5.74, 6) is -2.16. The number of nitrogens with zero attached hydrogens (tertiary/aromatic N) is 2. The molecule has 1 heterocycles. The molecule has 0 spiro atoms. The number of Topliss-reactive ketones (excluding diaryl/α,β-unsaturated/α-hetero) is 1. The number of carbonyl (C=O) groups excluding carboxylic acids is 2. The Hall–Kier alpha value is -4.18. The van der Waals surface area contributed by atoms with Crippen LogP contribution in [0.3, 0.4) is 0 Å². The zero-order chi connectivity index (χ0) is 22.5. The average molecular weight is 417 g/mol. The van der Waals surface area contributed by atoms with Crippen molar-refractivity contribution in [3.63, 3.8) is 0 Å². The molecule has 1 aromatic heterocycles. The molecule has 31 heavy (non-hydrogen) atoms. The first-order valence-corrected chi connectivity index (χ1v) is 9.35. The van der Waals surface area contributed by atoms with E-state index in [1.54, 1.807) is 60.9 Å². The molecule has 0 radical (unpaired) electrons. The maximum Gasteiger partial charge on any atom is 0.205 e. The Morgan fingerprint density at radius 3 is 2.52 bits per heavy atom. The molecule has 0 aliphatic heterocycles. The minimum atomic E-state index is -1.39. The number of aliphatic carboxylic acids is 1. The first-order chi connectivity index (χ1) is 14.8. The number of rotatable bonds is 7. The van der Waals surface area contributed by atoms with Crippen LogP contribution >= 0.6 is 0 Å². The van der Waals surface area contributed by atoms with E-state index in [2.05, 4.69) is 0 Å². The second-order valence-electron chi connectivity index (χ2n) is 6.77. The number of allylic oxidation sites excluding steroid dienone is 1. The maximum absolute atomic E-state index is 14.3. The molecule has 6 nitrogen and oxygen atoms in total. The van der Waals surface area contributed by atoms with Crippen LogP contribution < -0.4 is 9.84 Å². The van der Waals surface area contributed by atoms with E-state index in [4.69, 9.17) is 4.74 Å². The highest BCUT2D eigenvalue weighted by atomic mass is 19.1. The number of nitriles is 1. The minimum absolute atomic E-state index is 0.168. The fraction of sp³-hybridized carbons (Fsp3) is 0.125. The van der Waals surface area contributed by atoms with E-state index < -0.39 is 24.2 Å². The zero-order valence-electron chi connectivity index (χ0n) is 16.9. The number of hydrogen-bond acceptors (Lipinski definition) is 5. The summed E-state index contributed by atoms with van der Waals surface area (Å²) in [6, 6.07) is 16.1. The Morgan fingerprint density at radius 2 is 1.84 bits per heavy atom. The first-order valence-electron chi connectivity index (χ1n) is 9.35. The maximum atomic E-state index is 14.3. The van der Waals surface area contributed by atoms with Crippen molar-refractivity contribution in [2.45, 2.75) is 13.8 Å². The number of carboxylic acid groups (broad SMARTS) is 1. The molecule has 3 rings (SSSR count). The van der Waals surface area contributed by atoms with E-state index >= 15 is 0 Å². The van der Waals surface area contributed by atoms with Crippen molar-refractivity contribution in [3.8, 4) is 17.5 Å². The minimum Gasteiger partial charge on any atom is -0.546 e. The van der Waals surface area contributed by atoms with Gasteiger partial charge in [0.25, 0.3) is 0 Å². The van der Waals surface area contributed by atoms with Gasteiger partial charge in [-0.3, -0.25) is 4.79 Å². The molecular weight excluding hydrogens is 399 g/mol. The fourth-order valence-corrected chi connectivity index (χ4v) is 3.31. The lowest BCUT2D eigenvalue weighted by Gasteiger charge is -2.11. The van der Waals surface area contributed by atoms with E-state index in [9.17, 15) is 24.3 Å². The predicted molar refractivity (Wildman–Crippen MR) is 110 cm³/mol. The van der Waals surface area contributed by atoms with E-state index in [1.807, 2.05) is 6.07 Å². The third-order valence-electron chi connectivity index (χ3n) is 4.70. The number of ketones is 1. The van der Waals surface area contributed by atoms with Crippen molar-refractivity contribution < 1.29 is 23.8 Å². The van der Waals surface area contributed by atoms with Crippen LogP contribution in [0.2, 0.25) is 0 Å². The van der Waals surface area contributed by atoms with Gasteiger partial charge >= 0.3 is 0 Å². The Bertz CT molecular complexity index is 1230. The Balaban J connectivity index is 2.02. The largest absolute Gasteiger partial charge is 0.546 e. The summed E-state index contributed by atoms with van der Waals surface area (Å²) in [7, 11) is 0. The van der Waals surface area contributed by atoms with Crippen molar-refractivity contribution >= 4 is 17.8 Å². The van der Waals surface area contributed by atoms with Gasteiger partial charge in [0.15, 0.2) is 0 Å². The van der Waals surface area contributed by atoms with Crippen LogP contribution in [0.4, 0.5) is 4.39 Å². The van der Waals surface area contributed by atoms with E-state index in [0.29, 0.717) is 22.6 Å². The molecule has 0 unspecified atom stereocenters.